The lowest BCUT2D eigenvalue weighted by Crippen LogP contribution is -2.34. The molecule has 10 nitrogen and oxygen atoms in total. The van der Waals surface area contributed by atoms with Gasteiger partial charge < -0.3 is 14.2 Å². The van der Waals surface area contributed by atoms with Crippen LogP contribution in [0.3, 0.4) is 0 Å². The second-order valence-corrected chi connectivity index (χ2v) is 8.71. The van der Waals surface area contributed by atoms with Gasteiger partial charge in [0.25, 0.3) is 16.8 Å². The molecule has 2 aromatic carbocycles. The average molecular weight is 527 g/mol. The van der Waals surface area contributed by atoms with E-state index in [0.29, 0.717) is 41.2 Å². The lowest BCUT2D eigenvalue weighted by molar-refractivity contribution is -0.384. The Kier molecular flexibility index (Phi) is 9.45. The van der Waals surface area contributed by atoms with Crippen LogP contribution in [0.5, 0.6) is 11.5 Å². The molecular weight excluding hydrogens is 500 g/mol. The second kappa shape index (κ2) is 12.7. The fourth-order valence-corrected chi connectivity index (χ4v) is 4.38. The average Bonchev–Trinajstić information content (AvgIpc) is 3.11. The van der Waals surface area contributed by atoms with Gasteiger partial charge in [0.1, 0.15) is 13.2 Å². The van der Waals surface area contributed by atoms with Crippen LogP contribution in [0.15, 0.2) is 54.0 Å². The van der Waals surface area contributed by atoms with E-state index in [9.17, 15) is 24.5 Å². The number of benzene rings is 2. The van der Waals surface area contributed by atoms with Crippen molar-refractivity contribution in [3.8, 4) is 11.5 Å². The van der Waals surface area contributed by atoms with E-state index in [4.69, 9.17) is 14.2 Å². The normalized spacial score (nSPS) is 14.1. The molecule has 2 amide bonds. The Morgan fingerprint density at radius 1 is 1.16 bits per heavy atom. The minimum atomic E-state index is -0.664. The number of ether oxygens (including phenoxy) is 3. The molecule has 0 saturated carbocycles. The van der Waals surface area contributed by atoms with Crippen molar-refractivity contribution in [3.63, 3.8) is 0 Å². The number of rotatable bonds is 12. The zero-order valence-electron chi connectivity index (χ0n) is 20.4. The van der Waals surface area contributed by atoms with E-state index in [-0.39, 0.29) is 23.8 Å². The van der Waals surface area contributed by atoms with Crippen molar-refractivity contribution in [1.82, 2.24) is 4.90 Å². The van der Waals surface area contributed by atoms with Crippen LogP contribution in [0.25, 0.3) is 6.08 Å². The summed E-state index contributed by atoms with van der Waals surface area (Å²) >= 11 is 0.734. The zero-order valence-corrected chi connectivity index (χ0v) is 21.2. The highest BCUT2D eigenvalue weighted by Crippen LogP contribution is 2.38. The van der Waals surface area contributed by atoms with Crippen molar-refractivity contribution < 1.29 is 33.5 Å². The lowest BCUT2D eigenvalue weighted by Gasteiger charge is -2.17. The van der Waals surface area contributed by atoms with Crippen molar-refractivity contribution in [1.29, 1.82) is 0 Å². The highest BCUT2D eigenvalue weighted by Gasteiger charge is 2.36. The van der Waals surface area contributed by atoms with Crippen LogP contribution >= 0.6 is 11.8 Å². The van der Waals surface area contributed by atoms with Gasteiger partial charge in [-0.15, -0.1) is 6.58 Å². The number of hydrogen-bond acceptors (Lipinski definition) is 9. The summed E-state index contributed by atoms with van der Waals surface area (Å²) in [6.07, 6.45) is 3.65. The largest absolute Gasteiger partial charge is 0.490 e. The number of amides is 2. The smallest absolute Gasteiger partial charge is 0.326 e. The van der Waals surface area contributed by atoms with Gasteiger partial charge in [0.15, 0.2) is 11.5 Å². The maximum absolute atomic E-state index is 12.8. The molecule has 0 atom stereocenters. The van der Waals surface area contributed by atoms with Crippen molar-refractivity contribution in [3.05, 3.63) is 80.8 Å². The molecule has 0 unspecified atom stereocenters. The van der Waals surface area contributed by atoms with Gasteiger partial charge in [0.2, 0.25) is 0 Å². The van der Waals surface area contributed by atoms with E-state index < -0.39 is 28.6 Å². The number of carbonyl (C=O) groups is 3. The molecule has 0 aliphatic carbocycles. The Bertz CT molecular complexity index is 1260. The summed E-state index contributed by atoms with van der Waals surface area (Å²) in [6, 6.07) is 9.62. The van der Waals surface area contributed by atoms with Gasteiger partial charge in [-0.2, -0.15) is 0 Å². The minimum Gasteiger partial charge on any atom is -0.490 e. The molecule has 0 N–H and O–H groups in total. The third kappa shape index (κ3) is 6.98. The van der Waals surface area contributed by atoms with Gasteiger partial charge in [0, 0.05) is 17.7 Å². The number of nitrogens with zero attached hydrogens (tertiary/aromatic N) is 2. The highest BCUT2D eigenvalue weighted by atomic mass is 32.2. The molecular formula is C26H26N2O8S. The molecule has 0 radical (unpaired) electrons. The summed E-state index contributed by atoms with van der Waals surface area (Å²) in [5, 5.41) is 10.5. The van der Waals surface area contributed by atoms with Gasteiger partial charge >= 0.3 is 5.97 Å². The standard InChI is InChI=1S/C26H26N2O8S/c1-4-8-19-11-18(14-22-25(30)27(26(31)37-22)15-23(29)35-6-3)13-21(34-5-2)24(19)36-16-17-9-7-10-20(12-17)28(32)33/h4,7,9-14H,1,5-6,8,15-16H2,2-3H3/b22-14+. The Balaban J connectivity index is 1.91. The van der Waals surface area contributed by atoms with Crippen molar-refractivity contribution in [2.24, 2.45) is 0 Å². The first-order chi connectivity index (χ1) is 17.8. The van der Waals surface area contributed by atoms with Crippen molar-refractivity contribution in [2.75, 3.05) is 19.8 Å². The van der Waals surface area contributed by atoms with E-state index in [1.165, 1.54) is 12.1 Å². The number of allylic oxidation sites excluding steroid dienone is 1. The second-order valence-electron chi connectivity index (χ2n) is 7.72. The first-order valence-corrected chi connectivity index (χ1v) is 12.3. The summed E-state index contributed by atoms with van der Waals surface area (Å²) in [4.78, 5) is 48.5. The topological polar surface area (TPSA) is 125 Å². The molecule has 1 aliphatic rings. The van der Waals surface area contributed by atoms with E-state index in [0.717, 1.165) is 16.7 Å². The van der Waals surface area contributed by atoms with Crippen LogP contribution in [0.2, 0.25) is 0 Å². The monoisotopic (exact) mass is 526 g/mol. The van der Waals surface area contributed by atoms with Gasteiger partial charge in [-0.05, 0) is 61.4 Å². The summed E-state index contributed by atoms with van der Waals surface area (Å²) in [6.45, 7) is 7.33. The van der Waals surface area contributed by atoms with Crippen LogP contribution in [-0.2, 0) is 27.4 Å². The van der Waals surface area contributed by atoms with E-state index in [1.54, 1.807) is 43.3 Å². The van der Waals surface area contributed by atoms with E-state index >= 15 is 0 Å². The first kappa shape index (κ1) is 27.5. The molecule has 2 aromatic rings. The van der Waals surface area contributed by atoms with Crippen LogP contribution < -0.4 is 9.47 Å². The fraction of sp³-hybridized carbons (Fsp3) is 0.269. The summed E-state index contributed by atoms with van der Waals surface area (Å²) < 4.78 is 16.7. The molecule has 0 spiro atoms. The van der Waals surface area contributed by atoms with Crippen molar-refractivity contribution in [2.45, 2.75) is 26.9 Å². The molecule has 1 fully saturated rings. The molecule has 194 valence electrons. The number of esters is 1. The van der Waals surface area contributed by atoms with Gasteiger partial charge in [-0.1, -0.05) is 18.2 Å². The third-order valence-corrected chi connectivity index (χ3v) is 5.99. The Morgan fingerprint density at radius 2 is 1.95 bits per heavy atom. The Hall–Kier alpha value is -4.12. The predicted molar refractivity (Wildman–Crippen MR) is 138 cm³/mol. The molecule has 0 aromatic heterocycles. The van der Waals surface area contributed by atoms with Gasteiger partial charge in [-0.3, -0.25) is 29.4 Å². The Morgan fingerprint density at radius 3 is 2.62 bits per heavy atom. The van der Waals surface area contributed by atoms with Crippen LogP contribution in [0, 0.1) is 10.1 Å². The number of carbonyl (C=O) groups excluding carboxylic acids is 3. The molecule has 0 bridgehead atoms. The first-order valence-electron chi connectivity index (χ1n) is 11.4. The van der Waals surface area contributed by atoms with Crippen LogP contribution in [-0.4, -0.2) is 46.7 Å². The van der Waals surface area contributed by atoms with E-state index in [2.05, 4.69) is 6.58 Å². The summed E-state index contributed by atoms with van der Waals surface area (Å²) in [5.74, 6) is -0.398. The molecule has 11 heteroatoms. The molecule has 1 saturated heterocycles. The zero-order chi connectivity index (χ0) is 26.9. The van der Waals surface area contributed by atoms with E-state index in [1.807, 2.05) is 6.92 Å². The van der Waals surface area contributed by atoms with Gasteiger partial charge in [0.05, 0.1) is 23.0 Å². The number of hydrogen-bond donors (Lipinski definition) is 0. The molecule has 3 rings (SSSR count). The summed E-state index contributed by atoms with van der Waals surface area (Å²) in [5.41, 5.74) is 1.87. The number of imide groups is 1. The maximum Gasteiger partial charge on any atom is 0.326 e. The lowest BCUT2D eigenvalue weighted by atomic mass is 10.0. The number of non-ortho nitro benzene ring substituents is 1. The summed E-state index contributed by atoms with van der Waals surface area (Å²) in [7, 11) is 0. The quantitative estimate of drug-likeness (QED) is 0.125. The Labute approximate surface area is 218 Å². The number of thioether (sulfide) groups is 1. The number of nitro benzene ring substituents is 1. The van der Waals surface area contributed by atoms with Crippen LogP contribution in [0.1, 0.15) is 30.5 Å². The molecule has 37 heavy (non-hydrogen) atoms. The third-order valence-electron chi connectivity index (χ3n) is 5.09. The van der Waals surface area contributed by atoms with Crippen molar-refractivity contribution >= 4 is 40.6 Å². The number of nitro groups is 1. The fourth-order valence-electron chi connectivity index (χ4n) is 3.54. The van der Waals surface area contributed by atoms with Gasteiger partial charge in [-0.25, -0.2) is 0 Å². The highest BCUT2D eigenvalue weighted by molar-refractivity contribution is 8.18. The SMILES string of the molecule is C=CCc1cc(/C=C2/SC(=O)N(CC(=O)OCC)C2=O)cc(OCC)c1OCc1cccc([N+](=O)[O-])c1. The predicted octanol–water partition coefficient (Wildman–Crippen LogP) is 4.90. The molecule has 1 heterocycles. The van der Waals surface area contributed by atoms with Crippen LogP contribution in [0.4, 0.5) is 10.5 Å². The maximum atomic E-state index is 12.8. The minimum absolute atomic E-state index is 0.0373. The molecule has 1 aliphatic heterocycles.